The molecule has 6 nitrogen and oxygen atoms in total. The van der Waals surface area contributed by atoms with Crippen LogP contribution in [0.5, 0.6) is 0 Å². The first-order valence-electron chi connectivity index (χ1n) is 3.96. The second kappa shape index (κ2) is 3.44. The monoisotopic (exact) mass is 314 g/mol. The molecule has 4 unspecified atom stereocenters. The van der Waals surface area contributed by atoms with Crippen molar-refractivity contribution >= 4 is 34.9 Å². The Kier molecular flexibility index (Phi) is 2.41. The van der Waals surface area contributed by atoms with Crippen molar-refractivity contribution in [2.24, 2.45) is 0 Å². The molecule has 0 N–H and O–H groups in total. The zero-order valence-electron chi connectivity index (χ0n) is 7.14. The normalized spacial score (nSPS) is 41.3. The SMILES string of the molecule is CC1OC(=O)OC1C1OC(=O)OC1I. The van der Waals surface area contributed by atoms with E-state index in [0.29, 0.717) is 0 Å². The van der Waals surface area contributed by atoms with Gasteiger partial charge in [-0.15, -0.1) is 0 Å². The number of hydrogen-bond acceptors (Lipinski definition) is 6. The van der Waals surface area contributed by atoms with Crippen LogP contribution in [0.4, 0.5) is 9.59 Å². The maximum absolute atomic E-state index is 10.8. The van der Waals surface area contributed by atoms with E-state index in [1.165, 1.54) is 0 Å². The van der Waals surface area contributed by atoms with Crippen LogP contribution >= 0.6 is 22.6 Å². The van der Waals surface area contributed by atoms with Crippen LogP contribution in [0.3, 0.4) is 0 Å². The fourth-order valence-corrected chi connectivity index (χ4v) is 2.12. The van der Waals surface area contributed by atoms with Gasteiger partial charge in [-0.3, -0.25) is 0 Å². The molecule has 0 saturated carbocycles. The van der Waals surface area contributed by atoms with Gasteiger partial charge >= 0.3 is 12.3 Å². The first-order valence-corrected chi connectivity index (χ1v) is 5.21. The van der Waals surface area contributed by atoms with Gasteiger partial charge < -0.3 is 18.9 Å². The summed E-state index contributed by atoms with van der Waals surface area (Å²) < 4.78 is 18.8. The van der Waals surface area contributed by atoms with E-state index in [4.69, 9.17) is 18.9 Å². The van der Waals surface area contributed by atoms with Gasteiger partial charge in [-0.05, 0) is 29.5 Å². The molecule has 0 aliphatic carbocycles. The first-order chi connectivity index (χ1) is 6.58. The summed E-state index contributed by atoms with van der Waals surface area (Å²) in [5, 5.41) is 0. The molecule has 2 heterocycles. The molecule has 0 aromatic heterocycles. The number of rotatable bonds is 1. The summed E-state index contributed by atoms with van der Waals surface area (Å²) in [5.74, 6) is 0. The van der Waals surface area contributed by atoms with E-state index < -0.39 is 34.7 Å². The van der Waals surface area contributed by atoms with Gasteiger partial charge in [-0.2, -0.15) is 0 Å². The predicted octanol–water partition coefficient (Wildman–Crippen LogP) is 1.21. The first kappa shape index (κ1) is 9.81. The van der Waals surface area contributed by atoms with E-state index in [-0.39, 0.29) is 0 Å². The third kappa shape index (κ3) is 1.60. The summed E-state index contributed by atoms with van der Waals surface area (Å²) in [6.45, 7) is 1.67. The molecule has 4 atom stereocenters. The molecule has 2 aliphatic heterocycles. The van der Waals surface area contributed by atoms with Gasteiger partial charge in [-0.1, -0.05) is 0 Å². The predicted molar refractivity (Wildman–Crippen MR) is 50.0 cm³/mol. The zero-order valence-corrected chi connectivity index (χ0v) is 9.29. The molecule has 7 heteroatoms. The van der Waals surface area contributed by atoms with Crippen molar-refractivity contribution in [3.63, 3.8) is 0 Å². The van der Waals surface area contributed by atoms with Crippen molar-refractivity contribution in [3.05, 3.63) is 0 Å². The molecular weight excluding hydrogens is 307 g/mol. The highest BCUT2D eigenvalue weighted by Gasteiger charge is 2.49. The lowest BCUT2D eigenvalue weighted by atomic mass is 10.1. The number of alkyl halides is 1. The summed E-state index contributed by atoms with van der Waals surface area (Å²) in [4.78, 5) is 21.6. The molecule has 0 aromatic rings. The van der Waals surface area contributed by atoms with Crippen LogP contribution in [0.25, 0.3) is 0 Å². The van der Waals surface area contributed by atoms with Gasteiger partial charge in [-0.25, -0.2) is 9.59 Å². The van der Waals surface area contributed by atoms with E-state index >= 15 is 0 Å². The molecule has 0 bridgehead atoms. The Morgan fingerprint density at radius 1 is 1.00 bits per heavy atom. The van der Waals surface area contributed by atoms with Crippen LogP contribution in [0.1, 0.15) is 6.92 Å². The van der Waals surface area contributed by atoms with Gasteiger partial charge in [0.15, 0.2) is 16.3 Å². The Labute approximate surface area is 93.0 Å². The molecule has 2 fully saturated rings. The largest absolute Gasteiger partial charge is 0.510 e. The van der Waals surface area contributed by atoms with E-state index in [1.54, 1.807) is 6.92 Å². The second-order valence-electron chi connectivity index (χ2n) is 2.96. The molecule has 14 heavy (non-hydrogen) atoms. The second-order valence-corrected chi connectivity index (χ2v) is 4.18. The summed E-state index contributed by atoms with van der Waals surface area (Å²) in [7, 11) is 0. The number of cyclic esters (lactones) is 4. The average molecular weight is 314 g/mol. The van der Waals surface area contributed by atoms with Gasteiger partial charge in [0, 0.05) is 0 Å². The molecule has 0 amide bonds. The van der Waals surface area contributed by atoms with Crippen molar-refractivity contribution in [3.8, 4) is 0 Å². The van der Waals surface area contributed by atoms with Crippen molar-refractivity contribution in [1.29, 1.82) is 0 Å². The van der Waals surface area contributed by atoms with Crippen molar-refractivity contribution in [2.75, 3.05) is 0 Å². The minimum atomic E-state index is -0.746. The Bertz CT molecular complexity index is 251. The summed E-state index contributed by atoms with van der Waals surface area (Å²) in [5.41, 5.74) is 0. The van der Waals surface area contributed by atoms with Gasteiger partial charge in [0.25, 0.3) is 0 Å². The third-order valence-electron chi connectivity index (χ3n) is 2.00. The molecule has 2 saturated heterocycles. The van der Waals surface area contributed by atoms with Gasteiger partial charge in [0.2, 0.25) is 0 Å². The lowest BCUT2D eigenvalue weighted by Gasteiger charge is -2.17. The van der Waals surface area contributed by atoms with E-state index in [0.717, 1.165) is 0 Å². The number of halogens is 1. The molecule has 2 aliphatic rings. The summed E-state index contributed by atoms with van der Waals surface area (Å²) in [6.07, 6.45) is -3.10. The van der Waals surface area contributed by atoms with Gasteiger partial charge in [0.05, 0.1) is 0 Å². The van der Waals surface area contributed by atoms with Gasteiger partial charge in [0.1, 0.15) is 6.10 Å². The van der Waals surface area contributed by atoms with Crippen LogP contribution in [-0.4, -0.2) is 34.7 Å². The van der Waals surface area contributed by atoms with E-state index in [2.05, 4.69) is 0 Å². The van der Waals surface area contributed by atoms with Crippen LogP contribution in [0.15, 0.2) is 0 Å². The maximum Gasteiger partial charge on any atom is 0.510 e. The van der Waals surface area contributed by atoms with E-state index in [9.17, 15) is 9.59 Å². The molecule has 0 spiro atoms. The molecule has 78 valence electrons. The minimum Gasteiger partial charge on any atom is -0.427 e. The average Bonchev–Trinajstić information content (AvgIpc) is 2.55. The molecular formula is C7H7IO6. The van der Waals surface area contributed by atoms with E-state index in [1.807, 2.05) is 22.6 Å². The quantitative estimate of drug-likeness (QED) is 0.411. The van der Waals surface area contributed by atoms with Crippen LogP contribution in [0, 0.1) is 0 Å². The lowest BCUT2D eigenvalue weighted by Crippen LogP contribution is -2.38. The standard InChI is InChI=1S/C7H7IO6/c1-2-3(12-6(9)11-2)4-5(8)14-7(10)13-4/h2-5H,1H3. The van der Waals surface area contributed by atoms with Crippen LogP contribution in [-0.2, 0) is 18.9 Å². The molecule has 0 aromatic carbocycles. The summed E-state index contributed by atoms with van der Waals surface area (Å²) >= 11 is 1.90. The van der Waals surface area contributed by atoms with Crippen LogP contribution in [0.2, 0.25) is 0 Å². The zero-order chi connectivity index (χ0) is 10.3. The van der Waals surface area contributed by atoms with Crippen molar-refractivity contribution in [2.45, 2.75) is 29.3 Å². The Balaban J connectivity index is 2.08. The van der Waals surface area contributed by atoms with Crippen LogP contribution < -0.4 is 0 Å². The minimum absolute atomic E-state index is 0.431. The molecule has 0 radical (unpaired) electrons. The van der Waals surface area contributed by atoms with Crippen molar-refractivity contribution < 1.29 is 28.5 Å². The smallest absolute Gasteiger partial charge is 0.427 e. The fraction of sp³-hybridized carbons (Fsp3) is 0.714. The molecule has 2 rings (SSSR count). The highest BCUT2D eigenvalue weighted by Crippen LogP contribution is 2.30. The Morgan fingerprint density at radius 3 is 2.00 bits per heavy atom. The maximum atomic E-state index is 10.8. The Hall–Kier alpha value is -0.730. The number of carbonyl (C=O) groups excluding carboxylic acids is 2. The van der Waals surface area contributed by atoms with Crippen molar-refractivity contribution in [1.82, 2.24) is 0 Å². The fourth-order valence-electron chi connectivity index (χ4n) is 1.36. The topological polar surface area (TPSA) is 71.1 Å². The lowest BCUT2D eigenvalue weighted by molar-refractivity contribution is 0.0280. The highest BCUT2D eigenvalue weighted by atomic mass is 127. The number of ether oxygens (including phenoxy) is 4. The Morgan fingerprint density at radius 2 is 1.57 bits per heavy atom. The number of hydrogen-bond donors (Lipinski definition) is 0. The summed E-state index contributed by atoms with van der Waals surface area (Å²) in [6, 6.07) is 0. The number of carbonyl (C=O) groups is 2. The third-order valence-corrected chi connectivity index (χ3v) is 2.96. The highest BCUT2D eigenvalue weighted by molar-refractivity contribution is 14.1.